The third-order valence-electron chi connectivity index (χ3n) is 8.04. The zero-order chi connectivity index (χ0) is 22.2. The molecular weight excluding hydrogens is 404 g/mol. The summed E-state index contributed by atoms with van der Waals surface area (Å²) in [5.74, 6) is 0.0413. The van der Waals surface area contributed by atoms with Crippen molar-refractivity contribution in [1.82, 2.24) is 15.1 Å². The molecular formula is C25H34N4O3. The first-order valence-electron chi connectivity index (χ1n) is 12.2. The van der Waals surface area contributed by atoms with E-state index in [0.29, 0.717) is 38.0 Å². The van der Waals surface area contributed by atoms with Gasteiger partial charge in [0.15, 0.2) is 0 Å². The SMILES string of the molecule is NC1CCC(CNC(=O)[C@@H]2CCCN2C(=O)[C@@H]2CC(=O)N3CCc4ccccc4C23)CC1. The van der Waals surface area contributed by atoms with Gasteiger partial charge in [-0.05, 0) is 62.0 Å². The van der Waals surface area contributed by atoms with Crippen LogP contribution in [0.15, 0.2) is 24.3 Å². The zero-order valence-corrected chi connectivity index (χ0v) is 18.7. The molecule has 5 rings (SSSR count). The molecule has 3 atom stereocenters. The molecule has 2 saturated heterocycles. The maximum atomic E-state index is 13.7. The van der Waals surface area contributed by atoms with Gasteiger partial charge in [0.25, 0.3) is 0 Å². The minimum Gasteiger partial charge on any atom is -0.354 e. The molecule has 3 aliphatic heterocycles. The van der Waals surface area contributed by atoms with Crippen molar-refractivity contribution >= 4 is 17.7 Å². The fraction of sp³-hybridized carbons (Fsp3) is 0.640. The molecule has 0 bridgehead atoms. The Morgan fingerprint density at radius 3 is 2.66 bits per heavy atom. The van der Waals surface area contributed by atoms with Crippen LogP contribution in [0.5, 0.6) is 0 Å². The van der Waals surface area contributed by atoms with E-state index in [2.05, 4.69) is 17.4 Å². The minimum atomic E-state index is -0.420. The lowest BCUT2D eigenvalue weighted by molar-refractivity contribution is -0.142. The largest absolute Gasteiger partial charge is 0.354 e. The highest BCUT2D eigenvalue weighted by Crippen LogP contribution is 2.43. The molecule has 7 nitrogen and oxygen atoms in total. The number of fused-ring (bicyclic) bond motifs is 3. The Labute approximate surface area is 189 Å². The molecule has 0 spiro atoms. The van der Waals surface area contributed by atoms with Crippen LogP contribution in [0.2, 0.25) is 0 Å². The lowest BCUT2D eigenvalue weighted by atomic mass is 9.86. The van der Waals surface area contributed by atoms with Crippen LogP contribution in [0.4, 0.5) is 0 Å². The number of rotatable bonds is 4. The fourth-order valence-corrected chi connectivity index (χ4v) is 6.22. The second-order valence-electron chi connectivity index (χ2n) is 10.0. The molecule has 1 unspecified atom stereocenters. The predicted octanol–water partition coefficient (Wildman–Crippen LogP) is 1.76. The van der Waals surface area contributed by atoms with Crippen LogP contribution in [-0.2, 0) is 20.8 Å². The van der Waals surface area contributed by atoms with Crippen LogP contribution < -0.4 is 11.1 Å². The highest BCUT2D eigenvalue weighted by atomic mass is 16.2. The number of nitrogens with one attached hydrogen (secondary N) is 1. The summed E-state index contributed by atoms with van der Waals surface area (Å²) in [6, 6.07) is 7.83. The maximum absolute atomic E-state index is 13.7. The molecule has 172 valence electrons. The molecule has 3 amide bonds. The summed E-state index contributed by atoms with van der Waals surface area (Å²) in [7, 11) is 0. The summed E-state index contributed by atoms with van der Waals surface area (Å²) in [6.07, 6.45) is 6.73. The number of likely N-dealkylation sites (tertiary alicyclic amines) is 1. The average Bonchev–Trinajstić information content (AvgIpc) is 3.43. The fourth-order valence-electron chi connectivity index (χ4n) is 6.22. The van der Waals surface area contributed by atoms with Crippen LogP contribution in [0.1, 0.15) is 62.1 Å². The van der Waals surface area contributed by atoms with E-state index in [1.807, 2.05) is 17.0 Å². The molecule has 0 radical (unpaired) electrons. The maximum Gasteiger partial charge on any atom is 0.242 e. The van der Waals surface area contributed by atoms with Crippen molar-refractivity contribution in [1.29, 1.82) is 0 Å². The summed E-state index contributed by atoms with van der Waals surface area (Å²) in [5.41, 5.74) is 8.31. The molecule has 3 N–H and O–H groups in total. The van der Waals surface area contributed by atoms with E-state index in [9.17, 15) is 14.4 Å². The third-order valence-corrected chi connectivity index (χ3v) is 8.04. The molecule has 32 heavy (non-hydrogen) atoms. The van der Waals surface area contributed by atoms with Crippen LogP contribution >= 0.6 is 0 Å². The Bertz CT molecular complexity index is 895. The highest BCUT2D eigenvalue weighted by molar-refractivity contribution is 5.94. The van der Waals surface area contributed by atoms with Gasteiger partial charge in [-0.1, -0.05) is 24.3 Å². The van der Waals surface area contributed by atoms with Gasteiger partial charge < -0.3 is 20.9 Å². The van der Waals surface area contributed by atoms with Gasteiger partial charge in [-0.2, -0.15) is 0 Å². The number of hydrogen-bond acceptors (Lipinski definition) is 4. The predicted molar refractivity (Wildman–Crippen MR) is 120 cm³/mol. The third kappa shape index (κ3) is 3.91. The van der Waals surface area contributed by atoms with Crippen molar-refractivity contribution < 1.29 is 14.4 Å². The second kappa shape index (κ2) is 8.85. The number of amides is 3. The summed E-state index contributed by atoms with van der Waals surface area (Å²) < 4.78 is 0. The Balaban J connectivity index is 1.27. The molecule has 3 fully saturated rings. The van der Waals surface area contributed by atoms with E-state index >= 15 is 0 Å². The number of hydrogen-bond donors (Lipinski definition) is 2. The molecule has 1 saturated carbocycles. The van der Waals surface area contributed by atoms with Crippen molar-refractivity contribution in [3.8, 4) is 0 Å². The number of benzene rings is 1. The smallest absolute Gasteiger partial charge is 0.242 e. The Hall–Kier alpha value is -2.41. The quantitative estimate of drug-likeness (QED) is 0.749. The summed E-state index contributed by atoms with van der Waals surface area (Å²) in [6.45, 7) is 1.92. The topological polar surface area (TPSA) is 95.7 Å². The van der Waals surface area contributed by atoms with Gasteiger partial charge in [0.05, 0.1) is 12.0 Å². The second-order valence-corrected chi connectivity index (χ2v) is 10.0. The summed E-state index contributed by atoms with van der Waals surface area (Å²) in [4.78, 5) is 43.1. The van der Waals surface area contributed by atoms with Crippen molar-refractivity contribution in [3.63, 3.8) is 0 Å². The van der Waals surface area contributed by atoms with Gasteiger partial charge >= 0.3 is 0 Å². The molecule has 0 aromatic heterocycles. The first-order chi connectivity index (χ1) is 15.5. The van der Waals surface area contributed by atoms with Gasteiger partial charge in [0, 0.05) is 32.1 Å². The monoisotopic (exact) mass is 438 g/mol. The van der Waals surface area contributed by atoms with Crippen LogP contribution in [-0.4, -0.2) is 59.2 Å². The van der Waals surface area contributed by atoms with Gasteiger partial charge in [-0.15, -0.1) is 0 Å². The molecule has 3 heterocycles. The van der Waals surface area contributed by atoms with E-state index in [4.69, 9.17) is 5.73 Å². The Morgan fingerprint density at radius 1 is 1.06 bits per heavy atom. The molecule has 1 aromatic rings. The van der Waals surface area contributed by atoms with E-state index in [1.54, 1.807) is 4.90 Å². The van der Waals surface area contributed by atoms with Crippen LogP contribution in [0.25, 0.3) is 0 Å². The van der Waals surface area contributed by atoms with E-state index in [0.717, 1.165) is 44.1 Å². The van der Waals surface area contributed by atoms with Gasteiger partial charge in [-0.25, -0.2) is 0 Å². The number of carbonyl (C=O) groups excluding carboxylic acids is 3. The first-order valence-corrected chi connectivity index (χ1v) is 12.2. The van der Waals surface area contributed by atoms with Crippen molar-refractivity contribution in [2.45, 2.75) is 69.5 Å². The Kier molecular flexibility index (Phi) is 5.93. The standard InChI is InChI=1S/C25H34N4O3/c26-18-9-7-16(8-10-18)15-27-24(31)21-6-3-12-28(21)25(32)20-14-22(30)29-13-11-17-4-1-2-5-19(17)23(20)29/h1-2,4-5,16,18,20-21,23H,3,6-15,26H2,(H,27,31)/t16?,18?,20-,21+,23?/m1/s1. The van der Waals surface area contributed by atoms with E-state index in [-0.39, 0.29) is 30.2 Å². The van der Waals surface area contributed by atoms with Crippen LogP contribution in [0, 0.1) is 11.8 Å². The number of nitrogens with zero attached hydrogens (tertiary/aromatic N) is 2. The molecule has 1 aromatic carbocycles. The average molecular weight is 439 g/mol. The van der Waals surface area contributed by atoms with Crippen molar-refractivity contribution in [3.05, 3.63) is 35.4 Å². The van der Waals surface area contributed by atoms with Crippen molar-refractivity contribution in [2.75, 3.05) is 19.6 Å². The number of nitrogens with two attached hydrogens (primary N) is 1. The first kappa shape index (κ1) is 21.4. The number of carbonyl (C=O) groups is 3. The minimum absolute atomic E-state index is 0.0381. The zero-order valence-electron chi connectivity index (χ0n) is 18.7. The van der Waals surface area contributed by atoms with Gasteiger partial charge in [0.2, 0.25) is 17.7 Å². The van der Waals surface area contributed by atoms with Gasteiger partial charge in [0.1, 0.15) is 6.04 Å². The van der Waals surface area contributed by atoms with E-state index in [1.165, 1.54) is 5.56 Å². The Morgan fingerprint density at radius 2 is 1.84 bits per heavy atom. The molecule has 7 heteroatoms. The highest BCUT2D eigenvalue weighted by Gasteiger charge is 2.49. The summed E-state index contributed by atoms with van der Waals surface area (Å²) in [5, 5.41) is 3.11. The molecule has 1 aliphatic carbocycles. The summed E-state index contributed by atoms with van der Waals surface area (Å²) >= 11 is 0. The normalized spacial score (nSPS) is 31.9. The van der Waals surface area contributed by atoms with Crippen molar-refractivity contribution in [2.24, 2.45) is 17.6 Å². The lowest BCUT2D eigenvalue weighted by Gasteiger charge is -2.36. The van der Waals surface area contributed by atoms with Gasteiger partial charge in [-0.3, -0.25) is 14.4 Å². The van der Waals surface area contributed by atoms with Crippen LogP contribution in [0.3, 0.4) is 0 Å². The van der Waals surface area contributed by atoms with E-state index < -0.39 is 12.0 Å². The molecule has 4 aliphatic rings. The lowest BCUT2D eigenvalue weighted by Crippen LogP contribution is -2.49.